The molecule has 0 saturated carbocycles. The maximum Gasteiger partial charge on any atom is 0.274 e. The second kappa shape index (κ2) is 8.55. The maximum absolute atomic E-state index is 13.2. The van der Waals surface area contributed by atoms with Crippen molar-refractivity contribution in [3.8, 4) is 22.6 Å². The summed E-state index contributed by atoms with van der Waals surface area (Å²) in [6.45, 7) is 5.47. The van der Waals surface area contributed by atoms with Crippen LogP contribution in [0.2, 0.25) is 5.15 Å². The van der Waals surface area contributed by atoms with Gasteiger partial charge in [0.15, 0.2) is 11.5 Å². The first-order valence-electron chi connectivity index (χ1n) is 10.0. The average Bonchev–Trinajstić information content (AvgIpc) is 3.19. The molecule has 4 rings (SSSR count). The summed E-state index contributed by atoms with van der Waals surface area (Å²) >= 11 is 6.20. The number of halogens is 1. The monoisotopic (exact) mass is 463 g/mol. The summed E-state index contributed by atoms with van der Waals surface area (Å²) < 4.78 is 1.65. The van der Waals surface area contributed by atoms with Gasteiger partial charge in [0, 0.05) is 30.7 Å². The molecule has 0 aliphatic heterocycles. The molecule has 33 heavy (non-hydrogen) atoms. The number of carbonyl (C=O) groups is 1. The molecular formula is C22H22ClN9O. The average molecular weight is 464 g/mol. The van der Waals surface area contributed by atoms with E-state index in [4.69, 9.17) is 17.3 Å². The summed E-state index contributed by atoms with van der Waals surface area (Å²) in [6.07, 6.45) is 4.82. The highest BCUT2D eigenvalue weighted by atomic mass is 35.5. The molecule has 10 nitrogen and oxygen atoms in total. The highest BCUT2D eigenvalue weighted by Crippen LogP contribution is 2.31. The van der Waals surface area contributed by atoms with Crippen LogP contribution in [0.15, 0.2) is 43.0 Å². The molecule has 0 saturated heterocycles. The van der Waals surface area contributed by atoms with E-state index in [-0.39, 0.29) is 11.5 Å². The van der Waals surface area contributed by atoms with Crippen LogP contribution in [0.4, 0.5) is 5.82 Å². The van der Waals surface area contributed by atoms with Crippen LogP contribution < -0.4 is 11.1 Å². The lowest BCUT2D eigenvalue weighted by Gasteiger charge is -2.25. The standard InChI is InChI=1S/C22H22ClN9O/c1-12-9-13(10-16(23)27-12)17-18(14-6-8-32(4)31-14)29-20(24)19(28-17)21(33)30-22(2,3)15-5-7-25-11-26-15/h5-11H,1-4H3,(H2,24,29)(H,30,33). The van der Waals surface area contributed by atoms with E-state index in [1.807, 2.05) is 26.8 Å². The highest BCUT2D eigenvalue weighted by Gasteiger charge is 2.28. The number of aromatic nitrogens is 7. The summed E-state index contributed by atoms with van der Waals surface area (Å²) in [5, 5.41) is 7.64. The summed E-state index contributed by atoms with van der Waals surface area (Å²) in [5.74, 6) is -0.512. The van der Waals surface area contributed by atoms with Crippen LogP contribution in [0.3, 0.4) is 0 Å². The third kappa shape index (κ3) is 4.65. The van der Waals surface area contributed by atoms with E-state index >= 15 is 0 Å². The van der Waals surface area contributed by atoms with Crippen LogP contribution in [0.5, 0.6) is 0 Å². The lowest BCUT2D eigenvalue weighted by molar-refractivity contribution is 0.0906. The third-order valence-electron chi connectivity index (χ3n) is 4.94. The number of aryl methyl sites for hydroxylation is 2. The Morgan fingerprint density at radius 3 is 2.58 bits per heavy atom. The van der Waals surface area contributed by atoms with E-state index in [0.717, 1.165) is 0 Å². The molecule has 0 aliphatic rings. The number of nitrogens with one attached hydrogen (secondary N) is 1. The fourth-order valence-electron chi connectivity index (χ4n) is 3.37. The van der Waals surface area contributed by atoms with E-state index in [1.54, 1.807) is 42.3 Å². The fourth-order valence-corrected chi connectivity index (χ4v) is 3.62. The molecule has 0 spiro atoms. The van der Waals surface area contributed by atoms with E-state index in [9.17, 15) is 4.79 Å². The van der Waals surface area contributed by atoms with Gasteiger partial charge >= 0.3 is 0 Å². The number of nitrogen functional groups attached to an aromatic ring is 1. The first-order chi connectivity index (χ1) is 15.6. The van der Waals surface area contributed by atoms with Crippen molar-refractivity contribution in [2.75, 3.05) is 5.73 Å². The number of pyridine rings is 1. The van der Waals surface area contributed by atoms with Crippen molar-refractivity contribution in [3.05, 3.63) is 65.2 Å². The number of hydrogen-bond acceptors (Lipinski definition) is 8. The van der Waals surface area contributed by atoms with Crippen molar-refractivity contribution < 1.29 is 4.79 Å². The lowest BCUT2D eigenvalue weighted by atomic mass is 10.00. The SMILES string of the molecule is Cc1cc(-c2nc(C(=O)NC(C)(C)c3ccncn3)c(N)nc2-c2ccn(C)n2)cc(Cl)n1. The summed E-state index contributed by atoms with van der Waals surface area (Å²) in [7, 11) is 1.80. The van der Waals surface area contributed by atoms with Gasteiger partial charge in [-0.3, -0.25) is 9.48 Å². The van der Waals surface area contributed by atoms with Gasteiger partial charge in [-0.05, 0) is 45.0 Å². The molecule has 4 aromatic heterocycles. The van der Waals surface area contributed by atoms with Gasteiger partial charge in [0.25, 0.3) is 5.91 Å². The predicted octanol–water partition coefficient (Wildman–Crippen LogP) is 2.94. The molecular weight excluding hydrogens is 442 g/mol. The molecule has 4 aromatic rings. The quantitative estimate of drug-likeness (QED) is 0.431. The van der Waals surface area contributed by atoms with Crippen molar-refractivity contribution >= 4 is 23.3 Å². The van der Waals surface area contributed by atoms with Crippen molar-refractivity contribution in [1.82, 2.24) is 40.0 Å². The van der Waals surface area contributed by atoms with Gasteiger partial charge in [0.05, 0.1) is 16.9 Å². The molecule has 4 heterocycles. The summed E-state index contributed by atoms with van der Waals surface area (Å²) in [4.78, 5) is 34.7. The van der Waals surface area contributed by atoms with Gasteiger partial charge in [-0.1, -0.05) is 11.6 Å². The van der Waals surface area contributed by atoms with Crippen molar-refractivity contribution in [3.63, 3.8) is 0 Å². The zero-order valence-electron chi connectivity index (χ0n) is 18.5. The molecule has 1 amide bonds. The van der Waals surface area contributed by atoms with Crippen LogP contribution in [0, 0.1) is 6.92 Å². The minimum absolute atomic E-state index is 0.0163. The molecule has 0 radical (unpaired) electrons. The molecule has 0 aromatic carbocycles. The number of nitrogens with two attached hydrogens (primary N) is 1. The number of rotatable bonds is 5. The Balaban J connectivity index is 1.82. The second-order valence-electron chi connectivity index (χ2n) is 8.02. The van der Waals surface area contributed by atoms with E-state index in [0.29, 0.717) is 39.2 Å². The first-order valence-corrected chi connectivity index (χ1v) is 10.4. The molecule has 0 fully saturated rings. The lowest BCUT2D eigenvalue weighted by Crippen LogP contribution is -2.42. The number of anilines is 1. The molecule has 0 bridgehead atoms. The highest BCUT2D eigenvalue weighted by molar-refractivity contribution is 6.29. The molecule has 168 valence electrons. The van der Waals surface area contributed by atoms with Crippen molar-refractivity contribution in [1.29, 1.82) is 0 Å². The van der Waals surface area contributed by atoms with E-state index < -0.39 is 11.4 Å². The van der Waals surface area contributed by atoms with Crippen molar-refractivity contribution in [2.45, 2.75) is 26.3 Å². The Morgan fingerprint density at radius 1 is 1.15 bits per heavy atom. The largest absolute Gasteiger partial charge is 0.382 e. The van der Waals surface area contributed by atoms with Gasteiger partial charge in [0.1, 0.15) is 22.9 Å². The molecule has 0 aliphatic carbocycles. The zero-order valence-corrected chi connectivity index (χ0v) is 19.3. The van der Waals surface area contributed by atoms with Gasteiger partial charge in [-0.25, -0.2) is 24.9 Å². The van der Waals surface area contributed by atoms with Crippen LogP contribution in [-0.4, -0.2) is 40.6 Å². The fraction of sp³-hybridized carbons (Fsp3) is 0.227. The minimum atomic E-state index is -0.801. The van der Waals surface area contributed by atoms with E-state index in [1.165, 1.54) is 6.33 Å². The van der Waals surface area contributed by atoms with Crippen LogP contribution in [0.1, 0.15) is 35.7 Å². The van der Waals surface area contributed by atoms with Crippen LogP contribution in [0.25, 0.3) is 22.6 Å². The minimum Gasteiger partial charge on any atom is -0.382 e. The molecule has 3 N–H and O–H groups in total. The zero-order chi connectivity index (χ0) is 23.8. The Kier molecular flexibility index (Phi) is 5.77. The summed E-state index contributed by atoms with van der Waals surface area (Å²) in [5.41, 5.74) is 8.76. The van der Waals surface area contributed by atoms with Gasteiger partial charge in [-0.2, -0.15) is 5.10 Å². The number of amides is 1. The number of nitrogens with zero attached hydrogens (tertiary/aromatic N) is 7. The van der Waals surface area contributed by atoms with Crippen molar-refractivity contribution in [2.24, 2.45) is 7.05 Å². The van der Waals surface area contributed by atoms with Crippen LogP contribution >= 0.6 is 11.6 Å². The Hall–Kier alpha value is -3.92. The molecule has 11 heteroatoms. The second-order valence-corrected chi connectivity index (χ2v) is 8.41. The Labute approximate surface area is 195 Å². The van der Waals surface area contributed by atoms with Gasteiger partial charge in [0.2, 0.25) is 0 Å². The third-order valence-corrected chi connectivity index (χ3v) is 5.13. The summed E-state index contributed by atoms with van der Waals surface area (Å²) in [6, 6.07) is 6.99. The van der Waals surface area contributed by atoms with Gasteiger partial charge in [-0.15, -0.1) is 0 Å². The topological polar surface area (TPSA) is 137 Å². The molecule has 0 unspecified atom stereocenters. The Morgan fingerprint density at radius 2 is 1.94 bits per heavy atom. The first kappa shape index (κ1) is 22.3. The van der Waals surface area contributed by atoms with E-state index in [2.05, 4.69) is 35.3 Å². The van der Waals surface area contributed by atoms with Crippen LogP contribution in [-0.2, 0) is 12.6 Å². The van der Waals surface area contributed by atoms with Gasteiger partial charge < -0.3 is 11.1 Å². The predicted molar refractivity (Wildman–Crippen MR) is 124 cm³/mol. The maximum atomic E-state index is 13.2. The number of carbonyl (C=O) groups excluding carboxylic acids is 1. The molecule has 0 atom stereocenters. The Bertz CT molecular complexity index is 1310. The normalized spacial score (nSPS) is 11.4. The smallest absolute Gasteiger partial charge is 0.274 e. The number of hydrogen-bond donors (Lipinski definition) is 2.